The van der Waals surface area contributed by atoms with Crippen molar-refractivity contribution in [2.75, 3.05) is 54.5 Å². The molecule has 0 amide bonds. The van der Waals surface area contributed by atoms with Crippen LogP contribution in [0.15, 0.2) is 30.5 Å². The topological polar surface area (TPSA) is 66.4 Å². The van der Waals surface area contributed by atoms with Crippen molar-refractivity contribution in [3.05, 3.63) is 30.5 Å². The largest absolute Gasteiger partial charge is 0.378 e. The molecule has 1 aromatic carbocycles. The molecule has 7 heteroatoms. The minimum absolute atomic E-state index is 0.521. The minimum Gasteiger partial charge on any atom is -0.378 e. The number of morpholine rings is 1. The molecule has 7 nitrogen and oxygen atoms in total. The van der Waals surface area contributed by atoms with Gasteiger partial charge < -0.3 is 19.9 Å². The van der Waals surface area contributed by atoms with E-state index in [0.29, 0.717) is 5.95 Å². The Morgan fingerprint density at radius 1 is 0.917 bits per heavy atom. The van der Waals surface area contributed by atoms with Crippen LogP contribution in [-0.2, 0) is 4.74 Å². The molecule has 4 rings (SSSR count). The maximum atomic E-state index is 5.38. The summed E-state index contributed by atoms with van der Waals surface area (Å²) in [5.41, 5.74) is 2.25. The summed E-state index contributed by atoms with van der Waals surface area (Å²) in [5, 5.41) is 11.4. The highest BCUT2D eigenvalue weighted by molar-refractivity contribution is 5.60. The summed E-state index contributed by atoms with van der Waals surface area (Å²) in [6.45, 7) is 5.43. The van der Waals surface area contributed by atoms with Gasteiger partial charge in [-0.15, -0.1) is 5.10 Å². The third kappa shape index (κ3) is 3.41. The second-order valence-electron chi connectivity index (χ2n) is 6.10. The number of rotatable bonds is 4. The van der Waals surface area contributed by atoms with Crippen molar-refractivity contribution in [1.29, 1.82) is 0 Å². The monoisotopic (exact) mass is 326 g/mol. The lowest BCUT2D eigenvalue weighted by molar-refractivity contribution is 0.122. The molecule has 1 N–H and O–H groups in total. The maximum absolute atomic E-state index is 5.38. The summed E-state index contributed by atoms with van der Waals surface area (Å²) < 4.78 is 5.38. The molecular weight excluding hydrogens is 304 g/mol. The van der Waals surface area contributed by atoms with Crippen LogP contribution in [0.25, 0.3) is 0 Å². The third-order valence-corrected chi connectivity index (χ3v) is 4.48. The second kappa shape index (κ2) is 7.00. The van der Waals surface area contributed by atoms with Gasteiger partial charge in [-0.2, -0.15) is 10.1 Å². The highest BCUT2D eigenvalue weighted by atomic mass is 16.5. The highest BCUT2D eigenvalue weighted by Crippen LogP contribution is 2.23. The predicted molar refractivity (Wildman–Crippen MR) is 94.0 cm³/mol. The van der Waals surface area contributed by atoms with E-state index in [4.69, 9.17) is 4.74 Å². The minimum atomic E-state index is 0.521. The molecule has 2 fully saturated rings. The Hall–Kier alpha value is -2.41. The zero-order chi connectivity index (χ0) is 16.2. The van der Waals surface area contributed by atoms with Gasteiger partial charge in [-0.25, -0.2) is 0 Å². The van der Waals surface area contributed by atoms with Crippen LogP contribution in [0.4, 0.5) is 23.1 Å². The summed E-state index contributed by atoms with van der Waals surface area (Å²) in [6.07, 6.45) is 4.27. The number of anilines is 4. The molecule has 0 atom stereocenters. The van der Waals surface area contributed by atoms with Crippen molar-refractivity contribution >= 4 is 23.1 Å². The molecule has 0 bridgehead atoms. The van der Waals surface area contributed by atoms with E-state index in [0.717, 1.165) is 50.9 Å². The lowest BCUT2D eigenvalue weighted by Crippen LogP contribution is -2.36. The van der Waals surface area contributed by atoms with Gasteiger partial charge in [-0.3, -0.25) is 0 Å². The van der Waals surface area contributed by atoms with E-state index in [1.807, 2.05) is 0 Å². The molecule has 24 heavy (non-hydrogen) atoms. The average Bonchev–Trinajstić information content (AvgIpc) is 3.18. The number of hydrogen-bond acceptors (Lipinski definition) is 7. The van der Waals surface area contributed by atoms with Crippen molar-refractivity contribution in [3.63, 3.8) is 0 Å². The van der Waals surface area contributed by atoms with E-state index >= 15 is 0 Å². The van der Waals surface area contributed by atoms with E-state index in [1.165, 1.54) is 18.5 Å². The summed E-state index contributed by atoms with van der Waals surface area (Å²) >= 11 is 0. The van der Waals surface area contributed by atoms with Gasteiger partial charge in [0, 0.05) is 37.6 Å². The molecule has 0 aliphatic carbocycles. The van der Waals surface area contributed by atoms with Crippen molar-refractivity contribution in [3.8, 4) is 0 Å². The van der Waals surface area contributed by atoms with E-state index in [-0.39, 0.29) is 0 Å². The van der Waals surface area contributed by atoms with Crippen molar-refractivity contribution in [1.82, 2.24) is 15.2 Å². The standard InChI is InChI=1S/C17H22N6O/c1-2-8-22(7-1)15-5-3-14(4-6-15)19-17-20-16(13-18-21-17)23-9-11-24-12-10-23/h3-6,13H,1-2,7-12H2,(H,19,20,21). The lowest BCUT2D eigenvalue weighted by atomic mass is 10.2. The second-order valence-corrected chi connectivity index (χ2v) is 6.10. The number of nitrogens with one attached hydrogen (secondary N) is 1. The molecule has 2 aliphatic heterocycles. The van der Waals surface area contributed by atoms with Crippen LogP contribution in [-0.4, -0.2) is 54.6 Å². The van der Waals surface area contributed by atoms with E-state index in [1.54, 1.807) is 6.20 Å². The summed E-state index contributed by atoms with van der Waals surface area (Å²) in [6, 6.07) is 8.43. The van der Waals surface area contributed by atoms with Crippen molar-refractivity contribution < 1.29 is 4.74 Å². The Kier molecular flexibility index (Phi) is 4.42. The molecule has 2 aromatic rings. The maximum Gasteiger partial charge on any atom is 0.249 e. The molecule has 0 unspecified atom stereocenters. The number of aromatic nitrogens is 3. The molecule has 0 radical (unpaired) electrons. The SMILES string of the molecule is c1cc(N2CCCC2)ccc1Nc1nncc(N2CCOCC2)n1. The quantitative estimate of drug-likeness (QED) is 0.922. The van der Waals surface area contributed by atoms with Gasteiger partial charge in [0.15, 0.2) is 5.82 Å². The van der Waals surface area contributed by atoms with Crippen LogP contribution in [0.5, 0.6) is 0 Å². The molecule has 3 heterocycles. The van der Waals surface area contributed by atoms with Crippen LogP contribution in [0.3, 0.4) is 0 Å². The first-order chi connectivity index (χ1) is 11.9. The molecule has 0 spiro atoms. The number of hydrogen-bond donors (Lipinski definition) is 1. The molecule has 126 valence electrons. The predicted octanol–water partition coefficient (Wildman–Crippen LogP) is 2.05. The van der Waals surface area contributed by atoms with E-state index < -0.39 is 0 Å². The van der Waals surface area contributed by atoms with Crippen LogP contribution in [0, 0.1) is 0 Å². The summed E-state index contributed by atoms with van der Waals surface area (Å²) in [7, 11) is 0. The molecule has 2 saturated heterocycles. The number of nitrogens with zero attached hydrogens (tertiary/aromatic N) is 5. The van der Waals surface area contributed by atoms with Gasteiger partial charge in [0.05, 0.1) is 19.4 Å². The lowest BCUT2D eigenvalue weighted by Gasteiger charge is -2.27. The van der Waals surface area contributed by atoms with Crippen LogP contribution in [0.1, 0.15) is 12.8 Å². The van der Waals surface area contributed by atoms with Crippen LogP contribution >= 0.6 is 0 Å². The third-order valence-electron chi connectivity index (χ3n) is 4.48. The van der Waals surface area contributed by atoms with Gasteiger partial charge >= 0.3 is 0 Å². The number of benzene rings is 1. The average molecular weight is 326 g/mol. The first kappa shape index (κ1) is 15.1. The van der Waals surface area contributed by atoms with Gasteiger partial charge in [-0.1, -0.05) is 0 Å². The van der Waals surface area contributed by atoms with Crippen molar-refractivity contribution in [2.24, 2.45) is 0 Å². The Labute approximate surface area is 141 Å². The van der Waals surface area contributed by atoms with Crippen LogP contribution in [0.2, 0.25) is 0 Å². The van der Waals surface area contributed by atoms with Gasteiger partial charge in [0.1, 0.15) is 0 Å². The smallest absolute Gasteiger partial charge is 0.249 e. The van der Waals surface area contributed by atoms with Gasteiger partial charge in [0.25, 0.3) is 0 Å². The van der Waals surface area contributed by atoms with E-state index in [2.05, 4.69) is 54.6 Å². The molecular formula is C17H22N6O. The summed E-state index contributed by atoms with van der Waals surface area (Å²) in [4.78, 5) is 9.15. The van der Waals surface area contributed by atoms with Crippen molar-refractivity contribution in [2.45, 2.75) is 12.8 Å². The highest BCUT2D eigenvalue weighted by Gasteiger charge is 2.14. The first-order valence-electron chi connectivity index (χ1n) is 8.53. The number of ether oxygens (including phenoxy) is 1. The zero-order valence-corrected chi connectivity index (χ0v) is 13.7. The molecule has 0 saturated carbocycles. The Morgan fingerprint density at radius 3 is 2.42 bits per heavy atom. The van der Waals surface area contributed by atoms with Gasteiger partial charge in [0.2, 0.25) is 5.95 Å². The Bertz CT molecular complexity index is 665. The fraction of sp³-hybridized carbons (Fsp3) is 0.471. The fourth-order valence-electron chi connectivity index (χ4n) is 3.15. The fourth-order valence-corrected chi connectivity index (χ4v) is 3.15. The van der Waals surface area contributed by atoms with Gasteiger partial charge in [-0.05, 0) is 37.1 Å². The van der Waals surface area contributed by atoms with Crippen LogP contribution < -0.4 is 15.1 Å². The zero-order valence-electron chi connectivity index (χ0n) is 13.7. The molecule has 2 aliphatic rings. The molecule has 1 aromatic heterocycles. The van der Waals surface area contributed by atoms with E-state index in [9.17, 15) is 0 Å². The Morgan fingerprint density at radius 2 is 1.67 bits per heavy atom. The first-order valence-corrected chi connectivity index (χ1v) is 8.53. The normalized spacial score (nSPS) is 18.0. The Balaban J connectivity index is 1.44. The summed E-state index contributed by atoms with van der Waals surface area (Å²) in [5.74, 6) is 1.36.